The number of para-hydroxylation sites is 1. The minimum Gasteiger partial charge on any atom is -0.319 e. The van der Waals surface area contributed by atoms with Crippen LogP contribution in [0.1, 0.15) is 34.9 Å². The van der Waals surface area contributed by atoms with Crippen LogP contribution >= 0.6 is 11.3 Å². The monoisotopic (exact) mass is 496 g/mol. The Kier molecular flexibility index (Phi) is 6.03. The summed E-state index contributed by atoms with van der Waals surface area (Å²) in [4.78, 5) is 35.8. The summed E-state index contributed by atoms with van der Waals surface area (Å²) >= 11 is 1.75. The third-order valence-corrected chi connectivity index (χ3v) is 8.46. The van der Waals surface area contributed by atoms with Crippen LogP contribution in [0.15, 0.2) is 84.9 Å². The maximum Gasteiger partial charge on any atom is 0.326 e. The summed E-state index contributed by atoms with van der Waals surface area (Å²) in [5.41, 5.74) is 1.74. The van der Waals surface area contributed by atoms with Gasteiger partial charge in [0.15, 0.2) is 5.54 Å². The number of likely N-dealkylation sites (tertiary alicyclic amines) is 1. The Bertz CT molecular complexity index is 1360. The summed E-state index contributed by atoms with van der Waals surface area (Å²) in [7, 11) is 0. The van der Waals surface area contributed by atoms with Crippen molar-refractivity contribution in [3.8, 4) is 0 Å². The number of carbonyl (C=O) groups is 2. The fourth-order valence-electron chi connectivity index (χ4n) is 5.45. The van der Waals surface area contributed by atoms with Crippen molar-refractivity contribution in [3.05, 3.63) is 101 Å². The zero-order valence-corrected chi connectivity index (χ0v) is 20.8. The summed E-state index contributed by atoms with van der Waals surface area (Å²) in [6.07, 6.45) is 2.49. The van der Waals surface area contributed by atoms with E-state index in [4.69, 9.17) is 4.98 Å². The van der Waals surface area contributed by atoms with E-state index in [1.807, 2.05) is 72.8 Å². The first-order valence-corrected chi connectivity index (χ1v) is 13.3. The van der Waals surface area contributed by atoms with E-state index in [9.17, 15) is 9.59 Å². The Hall–Kier alpha value is -3.55. The summed E-state index contributed by atoms with van der Waals surface area (Å²) in [6, 6.07) is 27.4. The summed E-state index contributed by atoms with van der Waals surface area (Å²) in [5.74, 6) is 0.116. The summed E-state index contributed by atoms with van der Waals surface area (Å²) in [6.45, 7) is 1.93. The number of hydrogen-bond donors (Lipinski definition) is 1. The van der Waals surface area contributed by atoms with Gasteiger partial charge in [0.2, 0.25) is 0 Å². The van der Waals surface area contributed by atoms with Gasteiger partial charge in [0.1, 0.15) is 0 Å². The van der Waals surface area contributed by atoms with Gasteiger partial charge >= 0.3 is 6.03 Å². The zero-order valence-electron chi connectivity index (χ0n) is 20.0. The van der Waals surface area contributed by atoms with Gasteiger partial charge in [-0.05, 0) is 42.6 Å². The van der Waals surface area contributed by atoms with Crippen molar-refractivity contribution in [1.29, 1.82) is 0 Å². The number of carbonyl (C=O) groups excluding carboxylic acids is 2. The Morgan fingerprint density at radius 1 is 0.944 bits per heavy atom. The molecule has 2 fully saturated rings. The van der Waals surface area contributed by atoms with Gasteiger partial charge in [0, 0.05) is 18.9 Å². The number of nitrogens with zero attached hydrogens (tertiary/aromatic N) is 3. The second kappa shape index (κ2) is 9.48. The quantitative estimate of drug-likeness (QED) is 0.376. The lowest BCUT2D eigenvalue weighted by molar-refractivity contribution is -0.133. The summed E-state index contributed by atoms with van der Waals surface area (Å²) in [5, 5.41) is 4.22. The Morgan fingerprint density at radius 3 is 2.44 bits per heavy atom. The number of piperidine rings is 1. The first kappa shape index (κ1) is 22.9. The first-order chi connectivity index (χ1) is 17.6. The van der Waals surface area contributed by atoms with Crippen molar-refractivity contribution in [2.75, 3.05) is 19.8 Å². The lowest BCUT2D eigenvalue weighted by Gasteiger charge is -2.34. The van der Waals surface area contributed by atoms with E-state index >= 15 is 0 Å². The van der Waals surface area contributed by atoms with Crippen LogP contribution in [0, 0.1) is 0 Å². The van der Waals surface area contributed by atoms with Crippen molar-refractivity contribution in [1.82, 2.24) is 20.1 Å². The number of amides is 3. The van der Waals surface area contributed by atoms with Gasteiger partial charge in [-0.25, -0.2) is 14.7 Å². The molecule has 0 saturated carbocycles. The Labute approximate surface area is 214 Å². The van der Waals surface area contributed by atoms with Crippen LogP contribution in [0.4, 0.5) is 4.79 Å². The largest absolute Gasteiger partial charge is 0.326 e. The van der Waals surface area contributed by atoms with Gasteiger partial charge in [-0.3, -0.25) is 9.69 Å². The van der Waals surface area contributed by atoms with E-state index in [2.05, 4.69) is 22.3 Å². The molecular formula is C29H28N4O2S. The fraction of sp³-hybridized carbons (Fsp3) is 0.276. The average Bonchev–Trinajstić information content (AvgIpc) is 3.46. The van der Waals surface area contributed by atoms with E-state index in [1.165, 1.54) is 9.60 Å². The van der Waals surface area contributed by atoms with Crippen LogP contribution < -0.4 is 5.32 Å². The highest BCUT2D eigenvalue weighted by atomic mass is 32.1. The van der Waals surface area contributed by atoms with Crippen LogP contribution in [0.25, 0.3) is 10.2 Å². The van der Waals surface area contributed by atoms with E-state index in [1.54, 1.807) is 11.3 Å². The standard InChI is InChI=1S/C29H28N4O2S/c34-27-29(23-13-5-2-6-14-23,18-21-10-3-1-4-11-21)31-28(35)33(27)20-32-17-9-12-22(19-32)26-30-24-15-7-8-16-25(24)36-26/h1-8,10-11,13-16,22H,9,12,17-20H2,(H,31,35)/t22-,29-/m1/s1. The molecule has 182 valence electrons. The molecule has 4 aromatic rings. The van der Waals surface area contributed by atoms with Gasteiger partial charge in [-0.2, -0.15) is 0 Å². The molecule has 1 aromatic heterocycles. The van der Waals surface area contributed by atoms with Crippen molar-refractivity contribution >= 4 is 33.5 Å². The molecule has 1 N–H and O–H groups in total. The van der Waals surface area contributed by atoms with Gasteiger partial charge < -0.3 is 5.32 Å². The second-order valence-corrected chi connectivity index (χ2v) is 10.7. The van der Waals surface area contributed by atoms with Crippen molar-refractivity contribution in [2.24, 2.45) is 0 Å². The third kappa shape index (κ3) is 4.18. The normalized spacial score (nSPS) is 22.8. The van der Waals surface area contributed by atoms with Crippen molar-refractivity contribution in [3.63, 3.8) is 0 Å². The number of fused-ring (bicyclic) bond motifs is 1. The molecule has 6 rings (SSSR count). The molecule has 3 aromatic carbocycles. The molecule has 7 heteroatoms. The van der Waals surface area contributed by atoms with E-state index in [0.717, 1.165) is 47.6 Å². The highest BCUT2D eigenvalue weighted by Gasteiger charge is 2.52. The molecule has 2 saturated heterocycles. The van der Waals surface area contributed by atoms with Crippen LogP contribution in [0.5, 0.6) is 0 Å². The predicted molar refractivity (Wildman–Crippen MR) is 142 cm³/mol. The number of aromatic nitrogens is 1. The minimum atomic E-state index is -1.11. The summed E-state index contributed by atoms with van der Waals surface area (Å²) < 4.78 is 1.20. The number of benzene rings is 3. The van der Waals surface area contributed by atoms with Crippen LogP contribution in [-0.2, 0) is 16.8 Å². The molecule has 2 atom stereocenters. The maximum absolute atomic E-state index is 14.0. The highest BCUT2D eigenvalue weighted by molar-refractivity contribution is 7.18. The Morgan fingerprint density at radius 2 is 1.67 bits per heavy atom. The third-order valence-electron chi connectivity index (χ3n) is 7.26. The lowest BCUT2D eigenvalue weighted by Crippen LogP contribution is -2.48. The molecule has 0 unspecified atom stereocenters. The average molecular weight is 497 g/mol. The molecule has 0 bridgehead atoms. The smallest absolute Gasteiger partial charge is 0.319 e. The first-order valence-electron chi connectivity index (χ1n) is 12.4. The second-order valence-electron chi connectivity index (χ2n) is 9.67. The molecule has 2 aliphatic rings. The maximum atomic E-state index is 14.0. The van der Waals surface area contributed by atoms with Gasteiger partial charge in [0.25, 0.3) is 5.91 Å². The molecule has 0 aliphatic carbocycles. The van der Waals surface area contributed by atoms with Gasteiger partial charge in [-0.1, -0.05) is 72.8 Å². The molecule has 2 aliphatic heterocycles. The molecule has 36 heavy (non-hydrogen) atoms. The molecule has 3 amide bonds. The van der Waals surface area contributed by atoms with Crippen LogP contribution in [-0.4, -0.2) is 46.5 Å². The van der Waals surface area contributed by atoms with Gasteiger partial charge in [0.05, 0.1) is 21.9 Å². The zero-order chi connectivity index (χ0) is 24.5. The van der Waals surface area contributed by atoms with E-state index < -0.39 is 5.54 Å². The highest BCUT2D eigenvalue weighted by Crippen LogP contribution is 2.35. The number of hydrogen-bond acceptors (Lipinski definition) is 5. The van der Waals surface area contributed by atoms with E-state index in [0.29, 0.717) is 12.3 Å². The fourth-order valence-corrected chi connectivity index (χ4v) is 6.54. The number of urea groups is 1. The van der Waals surface area contributed by atoms with Crippen LogP contribution in [0.2, 0.25) is 0 Å². The number of nitrogens with one attached hydrogen (secondary N) is 1. The number of rotatable bonds is 6. The predicted octanol–water partition coefficient (Wildman–Crippen LogP) is 5.12. The van der Waals surface area contributed by atoms with E-state index in [-0.39, 0.29) is 18.6 Å². The molecule has 0 radical (unpaired) electrons. The molecule has 6 nitrogen and oxygen atoms in total. The van der Waals surface area contributed by atoms with Crippen molar-refractivity contribution < 1.29 is 9.59 Å². The van der Waals surface area contributed by atoms with Crippen LogP contribution in [0.3, 0.4) is 0 Å². The number of imide groups is 1. The lowest BCUT2D eigenvalue weighted by atomic mass is 9.83. The minimum absolute atomic E-state index is 0.190. The Balaban J connectivity index is 1.24. The SMILES string of the molecule is O=C1N[C@](Cc2ccccc2)(c2ccccc2)C(=O)N1CN1CCC[C@@H](c2nc3ccccc3s2)C1. The number of thiazole rings is 1. The molecule has 3 heterocycles. The molecule has 0 spiro atoms. The topological polar surface area (TPSA) is 65.5 Å². The molecular weight excluding hydrogens is 468 g/mol. The van der Waals surface area contributed by atoms with Gasteiger partial charge in [-0.15, -0.1) is 11.3 Å². The van der Waals surface area contributed by atoms with Crippen molar-refractivity contribution in [2.45, 2.75) is 30.7 Å².